The largest absolute Gasteiger partial charge is 0.398 e. The molecule has 52 valence electrons. The van der Waals surface area contributed by atoms with Crippen molar-refractivity contribution in [1.82, 2.24) is 0 Å². The zero-order valence-corrected chi connectivity index (χ0v) is 6.76. The standard InChI is InChI=1S/C7H6BrNO/c8-10-7(9)6-4-2-1-3-5-6/h1-5,9H. The van der Waals surface area contributed by atoms with Gasteiger partial charge in [0.05, 0.1) is 0 Å². The van der Waals surface area contributed by atoms with Crippen LogP contribution in [0.15, 0.2) is 30.3 Å². The minimum absolute atomic E-state index is 0.126. The third kappa shape index (κ3) is 1.57. The highest BCUT2D eigenvalue weighted by Gasteiger charge is 1.97. The van der Waals surface area contributed by atoms with Crippen LogP contribution in [0.25, 0.3) is 0 Å². The Bertz CT molecular complexity index is 222. The van der Waals surface area contributed by atoms with Crippen LogP contribution < -0.4 is 0 Å². The van der Waals surface area contributed by atoms with E-state index in [-0.39, 0.29) is 5.90 Å². The van der Waals surface area contributed by atoms with Gasteiger partial charge in [0.15, 0.2) is 16.3 Å². The van der Waals surface area contributed by atoms with Gasteiger partial charge in [0.25, 0.3) is 0 Å². The van der Waals surface area contributed by atoms with E-state index in [1.54, 1.807) is 0 Å². The molecule has 0 aliphatic carbocycles. The number of nitrogens with one attached hydrogen (secondary N) is 1. The molecule has 0 radical (unpaired) electrons. The SMILES string of the molecule is N=C(OBr)c1ccccc1. The average molecular weight is 200 g/mol. The topological polar surface area (TPSA) is 33.1 Å². The lowest BCUT2D eigenvalue weighted by Gasteiger charge is -1.96. The molecule has 0 aliphatic heterocycles. The van der Waals surface area contributed by atoms with Crippen LogP contribution in [0.1, 0.15) is 5.56 Å². The van der Waals surface area contributed by atoms with E-state index in [2.05, 4.69) is 20.1 Å². The van der Waals surface area contributed by atoms with E-state index in [9.17, 15) is 0 Å². The van der Waals surface area contributed by atoms with E-state index in [1.165, 1.54) is 0 Å². The van der Waals surface area contributed by atoms with Crippen LogP contribution in [0, 0.1) is 5.41 Å². The van der Waals surface area contributed by atoms with E-state index < -0.39 is 0 Å². The van der Waals surface area contributed by atoms with Crippen molar-refractivity contribution in [2.45, 2.75) is 0 Å². The summed E-state index contributed by atoms with van der Waals surface area (Å²) in [5.74, 6) is 0.126. The Morgan fingerprint density at radius 3 is 2.40 bits per heavy atom. The molecule has 0 amide bonds. The summed E-state index contributed by atoms with van der Waals surface area (Å²) in [5.41, 5.74) is 0.763. The second kappa shape index (κ2) is 3.37. The van der Waals surface area contributed by atoms with Gasteiger partial charge in [0.2, 0.25) is 5.90 Å². The summed E-state index contributed by atoms with van der Waals surface area (Å²) in [5, 5.41) is 7.21. The van der Waals surface area contributed by atoms with Gasteiger partial charge in [-0.3, -0.25) is 5.41 Å². The van der Waals surface area contributed by atoms with Crippen LogP contribution in [-0.4, -0.2) is 5.90 Å². The van der Waals surface area contributed by atoms with Crippen molar-refractivity contribution in [3.05, 3.63) is 35.9 Å². The number of halogens is 1. The second-order valence-electron chi connectivity index (χ2n) is 1.77. The fourth-order valence-corrected chi connectivity index (χ4v) is 0.821. The maximum Gasteiger partial charge on any atom is 0.227 e. The summed E-state index contributed by atoms with van der Waals surface area (Å²) in [6, 6.07) is 9.23. The third-order valence-corrected chi connectivity index (χ3v) is 1.44. The van der Waals surface area contributed by atoms with Gasteiger partial charge in [0.1, 0.15) is 0 Å². The molecule has 0 spiro atoms. The number of hydrogen-bond acceptors (Lipinski definition) is 2. The Kier molecular flexibility index (Phi) is 2.45. The van der Waals surface area contributed by atoms with Crippen LogP contribution in [0.5, 0.6) is 0 Å². The summed E-state index contributed by atoms with van der Waals surface area (Å²) in [6.45, 7) is 0. The smallest absolute Gasteiger partial charge is 0.227 e. The zero-order chi connectivity index (χ0) is 7.40. The van der Waals surface area contributed by atoms with E-state index in [0.29, 0.717) is 0 Å². The molecule has 0 aliphatic rings. The monoisotopic (exact) mass is 199 g/mol. The number of hydrogen-bond donors (Lipinski definition) is 1. The van der Waals surface area contributed by atoms with Crippen molar-refractivity contribution < 1.29 is 3.83 Å². The molecule has 2 nitrogen and oxygen atoms in total. The second-order valence-corrected chi connectivity index (χ2v) is 2.10. The first kappa shape index (κ1) is 7.28. The molecule has 0 saturated heterocycles. The molecule has 1 aromatic carbocycles. The Hall–Kier alpha value is -0.830. The van der Waals surface area contributed by atoms with Gasteiger partial charge in [-0.1, -0.05) is 18.2 Å². The lowest BCUT2D eigenvalue weighted by Crippen LogP contribution is -1.95. The third-order valence-electron chi connectivity index (χ3n) is 1.11. The molecule has 0 unspecified atom stereocenters. The van der Waals surface area contributed by atoms with Crippen LogP contribution in [-0.2, 0) is 3.83 Å². The Morgan fingerprint density at radius 1 is 1.30 bits per heavy atom. The van der Waals surface area contributed by atoms with Crippen molar-refractivity contribution in [2.75, 3.05) is 0 Å². The highest BCUT2D eigenvalue weighted by Crippen LogP contribution is 2.02. The van der Waals surface area contributed by atoms with Gasteiger partial charge in [-0.2, -0.15) is 0 Å². The maximum atomic E-state index is 7.21. The minimum Gasteiger partial charge on any atom is -0.398 e. The molecule has 0 atom stereocenters. The molecule has 1 N–H and O–H groups in total. The molecule has 3 heteroatoms. The summed E-state index contributed by atoms with van der Waals surface area (Å²) >= 11 is 2.73. The summed E-state index contributed by atoms with van der Waals surface area (Å²) < 4.78 is 4.53. The molecule has 10 heavy (non-hydrogen) atoms. The van der Waals surface area contributed by atoms with E-state index in [4.69, 9.17) is 5.41 Å². The lowest BCUT2D eigenvalue weighted by molar-refractivity contribution is 0.673. The molecule has 0 saturated carbocycles. The lowest BCUT2D eigenvalue weighted by atomic mass is 10.2. The predicted octanol–water partition coefficient (Wildman–Crippen LogP) is 2.34. The molecule has 0 aromatic heterocycles. The zero-order valence-electron chi connectivity index (χ0n) is 5.17. The minimum atomic E-state index is 0.126. The van der Waals surface area contributed by atoms with Gasteiger partial charge >= 0.3 is 0 Å². The quantitative estimate of drug-likeness (QED) is 0.547. The summed E-state index contributed by atoms with van der Waals surface area (Å²) in [6.07, 6.45) is 0. The fraction of sp³-hybridized carbons (Fsp3) is 0. The van der Waals surface area contributed by atoms with Crippen LogP contribution in [0.2, 0.25) is 0 Å². The van der Waals surface area contributed by atoms with Gasteiger partial charge in [-0.15, -0.1) is 0 Å². The van der Waals surface area contributed by atoms with Gasteiger partial charge in [0, 0.05) is 5.56 Å². The van der Waals surface area contributed by atoms with Crippen molar-refractivity contribution in [3.63, 3.8) is 0 Å². The first-order valence-corrected chi connectivity index (χ1v) is 3.42. The molecule has 1 rings (SSSR count). The van der Waals surface area contributed by atoms with Gasteiger partial charge < -0.3 is 3.83 Å². The van der Waals surface area contributed by atoms with Crippen LogP contribution >= 0.6 is 16.3 Å². The van der Waals surface area contributed by atoms with E-state index >= 15 is 0 Å². The maximum absolute atomic E-state index is 7.21. The molecule has 0 bridgehead atoms. The van der Waals surface area contributed by atoms with Crippen LogP contribution in [0.4, 0.5) is 0 Å². The number of rotatable bonds is 1. The van der Waals surface area contributed by atoms with Crippen molar-refractivity contribution in [1.29, 1.82) is 5.41 Å². The van der Waals surface area contributed by atoms with E-state index in [1.807, 2.05) is 30.3 Å². The van der Waals surface area contributed by atoms with Crippen molar-refractivity contribution in [2.24, 2.45) is 0 Å². The molecule has 0 fully saturated rings. The number of benzene rings is 1. The molecular formula is C7H6BrNO. The predicted molar refractivity (Wildman–Crippen MR) is 43.3 cm³/mol. The van der Waals surface area contributed by atoms with Crippen LogP contribution in [0.3, 0.4) is 0 Å². The summed E-state index contributed by atoms with van der Waals surface area (Å²) in [7, 11) is 0. The normalized spacial score (nSPS) is 8.90. The first-order chi connectivity index (χ1) is 4.84. The highest BCUT2D eigenvalue weighted by atomic mass is 79.9. The first-order valence-electron chi connectivity index (χ1n) is 2.77. The fourth-order valence-electron chi connectivity index (χ4n) is 0.634. The summed E-state index contributed by atoms with van der Waals surface area (Å²) in [4.78, 5) is 0. The van der Waals surface area contributed by atoms with Gasteiger partial charge in [-0.05, 0) is 12.1 Å². The Labute approximate surface area is 67.8 Å². The van der Waals surface area contributed by atoms with Crippen molar-refractivity contribution >= 4 is 22.2 Å². The van der Waals surface area contributed by atoms with Crippen molar-refractivity contribution in [3.8, 4) is 0 Å². The molecule has 0 heterocycles. The van der Waals surface area contributed by atoms with Gasteiger partial charge in [-0.25, -0.2) is 0 Å². The Morgan fingerprint density at radius 2 is 1.90 bits per heavy atom. The van der Waals surface area contributed by atoms with E-state index in [0.717, 1.165) is 5.56 Å². The Balaban J connectivity index is 2.85. The molecular weight excluding hydrogens is 194 g/mol. The highest BCUT2D eigenvalue weighted by molar-refractivity contribution is 9.06. The molecule has 1 aromatic rings. The average Bonchev–Trinajstić information content (AvgIpc) is 2.05.